The highest BCUT2D eigenvalue weighted by atomic mass is 28.4. The summed E-state index contributed by atoms with van der Waals surface area (Å²) >= 11 is 0. The topological polar surface area (TPSA) is 86.3 Å². The Morgan fingerprint density at radius 2 is 1.34 bits per heavy atom. The fourth-order valence-electron chi connectivity index (χ4n) is 4.39. The van der Waals surface area contributed by atoms with E-state index in [1.54, 1.807) is 21.3 Å². The lowest BCUT2D eigenvalue weighted by molar-refractivity contribution is -0.145. The van der Waals surface area contributed by atoms with Gasteiger partial charge in [0.05, 0.1) is 0 Å². The van der Waals surface area contributed by atoms with Crippen LogP contribution in [0, 0.1) is 0 Å². The molecule has 0 aromatic carbocycles. The molecule has 1 unspecified atom stereocenters. The maximum atomic E-state index is 11.8. The third-order valence-corrected chi connectivity index (χ3v) is 14.9. The van der Waals surface area contributed by atoms with Crippen LogP contribution in [0.25, 0.3) is 0 Å². The van der Waals surface area contributed by atoms with Gasteiger partial charge in [0, 0.05) is 33.9 Å². The zero-order chi connectivity index (χ0) is 22.7. The highest BCUT2D eigenvalue weighted by Crippen LogP contribution is 2.42. The Kier molecular flexibility index (Phi) is 13.8. The van der Waals surface area contributed by atoms with E-state index in [0.29, 0.717) is 23.2 Å². The van der Waals surface area contributed by atoms with Crippen molar-refractivity contribution in [2.75, 3.05) is 34.4 Å². The average Bonchev–Trinajstić information content (AvgIpc) is 2.65. The number of carboxylic acids is 1. The number of hydrogen-bond acceptors (Lipinski definition) is 6. The SMILES string of the molecule is CO[Si](CCCCCNCC(O[Si](C(C)C)(C(C)C)C(C)C)C(=O)O)(OC)OC. The first-order valence-electron chi connectivity index (χ1n) is 10.8. The van der Waals surface area contributed by atoms with Crippen LogP contribution < -0.4 is 5.32 Å². The Morgan fingerprint density at radius 1 is 0.862 bits per heavy atom. The number of rotatable bonds is 17. The Labute approximate surface area is 180 Å². The maximum absolute atomic E-state index is 11.8. The molecular formula is C20H45NO6Si2. The molecule has 0 aliphatic carbocycles. The van der Waals surface area contributed by atoms with Crippen LogP contribution in [-0.4, -0.2) is 68.7 Å². The molecule has 0 aliphatic heterocycles. The second kappa shape index (κ2) is 13.9. The second-order valence-corrected chi connectivity index (χ2v) is 17.1. The summed E-state index contributed by atoms with van der Waals surface area (Å²) in [6.07, 6.45) is 2.10. The lowest BCUT2D eigenvalue weighted by Crippen LogP contribution is -2.53. The summed E-state index contributed by atoms with van der Waals surface area (Å²) in [6, 6.07) is 0.780. The molecule has 29 heavy (non-hydrogen) atoms. The van der Waals surface area contributed by atoms with Crippen LogP contribution in [0.2, 0.25) is 22.7 Å². The van der Waals surface area contributed by atoms with Crippen molar-refractivity contribution >= 4 is 23.1 Å². The molecule has 0 radical (unpaired) electrons. The summed E-state index contributed by atoms with van der Waals surface area (Å²) in [5, 5.41) is 13.0. The zero-order valence-electron chi connectivity index (χ0n) is 20.0. The number of unbranched alkanes of at least 4 members (excludes halogenated alkanes) is 2. The number of nitrogens with one attached hydrogen (secondary N) is 1. The van der Waals surface area contributed by atoms with E-state index >= 15 is 0 Å². The van der Waals surface area contributed by atoms with Gasteiger partial charge in [-0.1, -0.05) is 48.0 Å². The molecule has 0 rings (SSSR count). The quantitative estimate of drug-likeness (QED) is 0.252. The third-order valence-electron chi connectivity index (χ3n) is 5.93. The Bertz CT molecular complexity index is 428. The van der Waals surface area contributed by atoms with Crippen LogP contribution in [0.4, 0.5) is 0 Å². The van der Waals surface area contributed by atoms with Crippen LogP contribution in [0.3, 0.4) is 0 Å². The summed E-state index contributed by atoms with van der Waals surface area (Å²) < 4.78 is 22.7. The van der Waals surface area contributed by atoms with Gasteiger partial charge < -0.3 is 28.1 Å². The minimum atomic E-state index is -2.49. The highest BCUT2D eigenvalue weighted by Gasteiger charge is 2.47. The van der Waals surface area contributed by atoms with Crippen molar-refractivity contribution in [3.05, 3.63) is 0 Å². The first kappa shape index (κ1) is 28.7. The first-order valence-corrected chi connectivity index (χ1v) is 14.9. The average molecular weight is 452 g/mol. The van der Waals surface area contributed by atoms with Crippen molar-refractivity contribution in [2.24, 2.45) is 0 Å². The molecule has 2 N–H and O–H groups in total. The molecule has 0 aromatic rings. The van der Waals surface area contributed by atoms with E-state index in [1.165, 1.54) is 0 Å². The van der Waals surface area contributed by atoms with Gasteiger partial charge in [0.2, 0.25) is 8.32 Å². The minimum Gasteiger partial charge on any atom is -0.479 e. The Balaban J connectivity index is 4.58. The molecule has 174 valence electrons. The molecule has 0 saturated carbocycles. The molecule has 0 saturated heterocycles. The lowest BCUT2D eigenvalue weighted by Gasteiger charge is -2.43. The van der Waals surface area contributed by atoms with Gasteiger partial charge in [0.1, 0.15) is 0 Å². The van der Waals surface area contributed by atoms with Crippen molar-refractivity contribution in [1.29, 1.82) is 0 Å². The summed E-state index contributed by atoms with van der Waals surface area (Å²) in [7, 11) is 0.162. The predicted octanol–water partition coefficient (Wildman–Crippen LogP) is 4.27. The molecule has 0 aliphatic rings. The molecule has 1 atom stereocenters. The number of aliphatic carboxylic acids is 1. The lowest BCUT2D eigenvalue weighted by atomic mass is 10.2. The van der Waals surface area contributed by atoms with E-state index in [9.17, 15) is 9.90 Å². The van der Waals surface area contributed by atoms with Crippen LogP contribution in [0.15, 0.2) is 0 Å². The van der Waals surface area contributed by atoms with Crippen molar-refractivity contribution in [3.63, 3.8) is 0 Å². The van der Waals surface area contributed by atoms with Gasteiger partial charge in [0.25, 0.3) is 0 Å². The largest absolute Gasteiger partial charge is 0.500 e. The van der Waals surface area contributed by atoms with Gasteiger partial charge in [0.15, 0.2) is 6.10 Å². The highest BCUT2D eigenvalue weighted by molar-refractivity contribution is 6.77. The van der Waals surface area contributed by atoms with Crippen LogP contribution in [0.5, 0.6) is 0 Å². The van der Waals surface area contributed by atoms with Gasteiger partial charge >= 0.3 is 14.8 Å². The first-order chi connectivity index (χ1) is 13.5. The molecule has 0 spiro atoms. The van der Waals surface area contributed by atoms with Crippen molar-refractivity contribution in [1.82, 2.24) is 5.32 Å². The van der Waals surface area contributed by atoms with Crippen LogP contribution in [0.1, 0.15) is 60.8 Å². The van der Waals surface area contributed by atoms with E-state index in [0.717, 1.165) is 31.9 Å². The fourth-order valence-corrected chi connectivity index (χ4v) is 11.7. The van der Waals surface area contributed by atoms with E-state index in [1.807, 2.05) is 0 Å². The van der Waals surface area contributed by atoms with Crippen molar-refractivity contribution in [2.45, 2.75) is 89.6 Å². The van der Waals surface area contributed by atoms with E-state index in [-0.39, 0.29) is 0 Å². The zero-order valence-corrected chi connectivity index (χ0v) is 22.0. The number of carboxylic acid groups (broad SMARTS) is 1. The fraction of sp³-hybridized carbons (Fsp3) is 0.950. The summed E-state index contributed by atoms with van der Waals surface area (Å²) in [5.41, 5.74) is 1.07. The summed E-state index contributed by atoms with van der Waals surface area (Å²) in [6.45, 7) is 14.1. The smallest absolute Gasteiger partial charge is 0.479 e. The number of hydrogen-bond donors (Lipinski definition) is 2. The summed E-state index contributed by atoms with van der Waals surface area (Å²) in [4.78, 5) is 11.8. The van der Waals surface area contributed by atoms with E-state index < -0.39 is 29.2 Å². The van der Waals surface area contributed by atoms with Crippen molar-refractivity contribution in [3.8, 4) is 0 Å². The predicted molar refractivity (Wildman–Crippen MR) is 122 cm³/mol. The van der Waals surface area contributed by atoms with Gasteiger partial charge in [-0.3, -0.25) is 0 Å². The Morgan fingerprint density at radius 3 is 1.72 bits per heavy atom. The van der Waals surface area contributed by atoms with Gasteiger partial charge in [-0.15, -0.1) is 0 Å². The van der Waals surface area contributed by atoms with Crippen LogP contribution >= 0.6 is 0 Å². The van der Waals surface area contributed by atoms with Gasteiger partial charge in [-0.05, 0) is 36.0 Å². The van der Waals surface area contributed by atoms with E-state index in [2.05, 4.69) is 46.9 Å². The molecule has 0 aromatic heterocycles. The van der Waals surface area contributed by atoms with Gasteiger partial charge in [-0.25, -0.2) is 4.79 Å². The molecule has 0 amide bonds. The Hall–Kier alpha value is -0.296. The van der Waals surface area contributed by atoms with Gasteiger partial charge in [-0.2, -0.15) is 0 Å². The third kappa shape index (κ3) is 8.39. The van der Waals surface area contributed by atoms with Crippen molar-refractivity contribution < 1.29 is 27.6 Å². The molecule has 7 nitrogen and oxygen atoms in total. The number of carbonyl (C=O) groups is 1. The minimum absolute atomic E-state index is 0.336. The maximum Gasteiger partial charge on any atom is 0.500 e. The standard InChI is InChI=1S/C20H45NO6Si2/c1-16(2)29(17(3)4,18(5)6)27-19(20(22)23)15-21-13-11-10-12-14-28(24-7,25-8)26-9/h16-19,21H,10-15H2,1-9H3,(H,22,23). The normalized spacial score (nSPS) is 14.2. The monoisotopic (exact) mass is 451 g/mol. The molecular weight excluding hydrogens is 406 g/mol. The molecule has 9 heteroatoms. The molecule has 0 heterocycles. The van der Waals surface area contributed by atoms with Crippen LogP contribution in [-0.2, 0) is 22.5 Å². The molecule has 0 bridgehead atoms. The van der Waals surface area contributed by atoms with E-state index in [4.69, 9.17) is 17.7 Å². The molecule has 0 fully saturated rings. The summed E-state index contributed by atoms with van der Waals surface area (Å²) in [5.74, 6) is -0.882. The second-order valence-electron chi connectivity index (χ2n) is 8.57.